The van der Waals surface area contributed by atoms with Crippen molar-refractivity contribution in [3.05, 3.63) is 34.9 Å². The number of piperidine rings is 1. The van der Waals surface area contributed by atoms with Crippen LogP contribution in [0.2, 0.25) is 0 Å². The minimum absolute atomic E-state index is 0.626. The molecule has 1 aromatic carbocycles. The lowest BCUT2D eigenvalue weighted by Gasteiger charge is -2.30. The molecule has 1 heteroatoms. The van der Waals surface area contributed by atoms with Gasteiger partial charge in [-0.2, -0.15) is 0 Å². The minimum Gasteiger partial charge on any atom is -0.316 e. The van der Waals surface area contributed by atoms with Crippen LogP contribution in [-0.2, 0) is 0 Å². The third kappa shape index (κ3) is 2.77. The first kappa shape index (κ1) is 13.6. The molecule has 0 amide bonds. The second kappa shape index (κ2) is 5.88. The van der Waals surface area contributed by atoms with Crippen LogP contribution in [-0.4, -0.2) is 13.1 Å². The second-order valence-electron chi connectivity index (χ2n) is 6.20. The highest BCUT2D eigenvalue weighted by atomic mass is 14.9. The van der Waals surface area contributed by atoms with Gasteiger partial charge in [-0.25, -0.2) is 0 Å². The van der Waals surface area contributed by atoms with Crippen LogP contribution in [0, 0.1) is 0 Å². The maximum absolute atomic E-state index is 3.57. The smallest absolute Gasteiger partial charge is 0.00203 e. The average Bonchev–Trinajstić information content (AvgIpc) is 2.38. The van der Waals surface area contributed by atoms with E-state index in [1.54, 1.807) is 16.7 Å². The zero-order valence-electron chi connectivity index (χ0n) is 12.3. The number of hydrogen-bond acceptors (Lipinski definition) is 1. The highest BCUT2D eigenvalue weighted by molar-refractivity contribution is 5.42. The van der Waals surface area contributed by atoms with Crippen molar-refractivity contribution in [2.75, 3.05) is 13.1 Å². The van der Waals surface area contributed by atoms with Crippen LogP contribution in [0.5, 0.6) is 0 Å². The third-order valence-electron chi connectivity index (χ3n) is 4.12. The lowest BCUT2D eigenvalue weighted by Crippen LogP contribution is -2.29. The van der Waals surface area contributed by atoms with Crippen molar-refractivity contribution in [1.29, 1.82) is 0 Å². The molecule has 1 aliphatic heterocycles. The molecule has 0 radical (unpaired) electrons. The van der Waals surface area contributed by atoms with E-state index in [-0.39, 0.29) is 0 Å². The molecule has 100 valence electrons. The van der Waals surface area contributed by atoms with Crippen molar-refractivity contribution in [3.63, 3.8) is 0 Å². The first-order valence-corrected chi connectivity index (χ1v) is 7.44. The molecule has 1 fully saturated rings. The van der Waals surface area contributed by atoms with E-state index in [9.17, 15) is 0 Å². The molecule has 1 unspecified atom stereocenters. The van der Waals surface area contributed by atoms with Crippen LogP contribution >= 0.6 is 0 Å². The van der Waals surface area contributed by atoms with Crippen LogP contribution < -0.4 is 5.32 Å². The lowest BCUT2D eigenvalue weighted by molar-refractivity contribution is 0.455. The van der Waals surface area contributed by atoms with Gasteiger partial charge in [0.1, 0.15) is 0 Å². The summed E-state index contributed by atoms with van der Waals surface area (Å²) in [6.45, 7) is 11.6. The van der Waals surface area contributed by atoms with Gasteiger partial charge in [0.2, 0.25) is 0 Å². The quantitative estimate of drug-likeness (QED) is 0.832. The van der Waals surface area contributed by atoms with Crippen LogP contribution in [0.1, 0.15) is 75.0 Å². The molecule has 1 nitrogen and oxygen atoms in total. The monoisotopic (exact) mass is 245 g/mol. The molecule has 0 saturated carbocycles. The molecule has 1 N–H and O–H groups in total. The van der Waals surface area contributed by atoms with Crippen molar-refractivity contribution in [2.45, 2.75) is 58.3 Å². The fourth-order valence-corrected chi connectivity index (χ4v) is 3.18. The summed E-state index contributed by atoms with van der Waals surface area (Å²) in [4.78, 5) is 0. The Morgan fingerprint density at radius 1 is 1.06 bits per heavy atom. The molecular formula is C17H27N. The molecule has 0 aromatic heterocycles. The summed E-state index contributed by atoms with van der Waals surface area (Å²) >= 11 is 0. The van der Waals surface area contributed by atoms with Gasteiger partial charge in [0, 0.05) is 6.54 Å². The number of hydrogen-bond donors (Lipinski definition) is 1. The van der Waals surface area contributed by atoms with E-state index in [4.69, 9.17) is 0 Å². The molecule has 1 aromatic rings. The fourth-order valence-electron chi connectivity index (χ4n) is 3.18. The predicted molar refractivity (Wildman–Crippen MR) is 79.5 cm³/mol. The number of rotatable bonds is 3. The molecule has 2 rings (SSSR count). The van der Waals surface area contributed by atoms with Crippen LogP contribution in [0.4, 0.5) is 0 Å². The molecule has 0 bridgehead atoms. The Balaban J connectivity index is 2.45. The van der Waals surface area contributed by atoms with Crippen LogP contribution in [0.3, 0.4) is 0 Å². The van der Waals surface area contributed by atoms with Gasteiger partial charge in [0.25, 0.3) is 0 Å². The third-order valence-corrected chi connectivity index (χ3v) is 4.12. The molecule has 0 aliphatic carbocycles. The van der Waals surface area contributed by atoms with E-state index in [2.05, 4.69) is 51.2 Å². The van der Waals surface area contributed by atoms with Crippen LogP contribution in [0.25, 0.3) is 0 Å². The Morgan fingerprint density at radius 2 is 1.67 bits per heavy atom. The molecule has 18 heavy (non-hydrogen) atoms. The van der Waals surface area contributed by atoms with E-state index < -0.39 is 0 Å². The standard InChI is InChI=1S/C17H27N/c1-12(2)15-8-5-9-16(13(3)4)17(15)14-7-6-10-18-11-14/h5,8-9,12-14,18H,6-7,10-11H2,1-4H3. The zero-order chi connectivity index (χ0) is 13.1. The largest absolute Gasteiger partial charge is 0.316 e. The molecule has 1 saturated heterocycles. The number of benzene rings is 1. The van der Waals surface area contributed by atoms with E-state index >= 15 is 0 Å². The second-order valence-corrected chi connectivity index (χ2v) is 6.20. The first-order valence-electron chi connectivity index (χ1n) is 7.44. The fraction of sp³-hybridized carbons (Fsp3) is 0.647. The molecule has 1 heterocycles. The Bertz CT molecular complexity index is 360. The maximum atomic E-state index is 3.57. The molecule has 1 atom stereocenters. The van der Waals surface area contributed by atoms with Gasteiger partial charge in [-0.3, -0.25) is 0 Å². The summed E-state index contributed by atoms with van der Waals surface area (Å²) in [5, 5.41) is 3.57. The topological polar surface area (TPSA) is 12.0 Å². The normalized spacial score (nSPS) is 20.7. The molecule has 0 spiro atoms. The summed E-state index contributed by atoms with van der Waals surface area (Å²) in [7, 11) is 0. The predicted octanol–water partition coefficient (Wildman–Crippen LogP) is 4.40. The Morgan fingerprint density at radius 3 is 2.11 bits per heavy atom. The van der Waals surface area contributed by atoms with Gasteiger partial charge in [-0.05, 0) is 53.8 Å². The van der Waals surface area contributed by atoms with Crippen molar-refractivity contribution >= 4 is 0 Å². The molecular weight excluding hydrogens is 218 g/mol. The summed E-state index contributed by atoms with van der Waals surface area (Å²) in [5.74, 6) is 1.97. The van der Waals surface area contributed by atoms with E-state index in [0.717, 1.165) is 12.5 Å². The highest BCUT2D eigenvalue weighted by Gasteiger charge is 2.23. The van der Waals surface area contributed by atoms with Crippen molar-refractivity contribution < 1.29 is 0 Å². The summed E-state index contributed by atoms with van der Waals surface area (Å²) in [5.41, 5.74) is 4.78. The van der Waals surface area contributed by atoms with Gasteiger partial charge in [0.05, 0.1) is 0 Å². The summed E-state index contributed by atoms with van der Waals surface area (Å²) in [6, 6.07) is 6.91. The summed E-state index contributed by atoms with van der Waals surface area (Å²) in [6.07, 6.45) is 2.66. The SMILES string of the molecule is CC(C)c1cccc(C(C)C)c1C1CCCNC1. The highest BCUT2D eigenvalue weighted by Crippen LogP contribution is 2.36. The molecule has 1 aliphatic rings. The average molecular weight is 245 g/mol. The van der Waals surface area contributed by atoms with Gasteiger partial charge in [-0.1, -0.05) is 45.9 Å². The Labute approximate surface area is 112 Å². The Kier molecular flexibility index (Phi) is 4.45. The van der Waals surface area contributed by atoms with E-state index in [1.165, 1.54) is 19.4 Å². The minimum atomic E-state index is 0.626. The van der Waals surface area contributed by atoms with Crippen molar-refractivity contribution in [2.24, 2.45) is 0 Å². The van der Waals surface area contributed by atoms with Crippen molar-refractivity contribution in [3.8, 4) is 0 Å². The van der Waals surface area contributed by atoms with Crippen LogP contribution in [0.15, 0.2) is 18.2 Å². The zero-order valence-corrected chi connectivity index (χ0v) is 12.3. The van der Waals surface area contributed by atoms with E-state index in [0.29, 0.717) is 11.8 Å². The number of nitrogens with one attached hydrogen (secondary N) is 1. The maximum Gasteiger partial charge on any atom is 0.00203 e. The van der Waals surface area contributed by atoms with Gasteiger partial charge < -0.3 is 5.32 Å². The van der Waals surface area contributed by atoms with Gasteiger partial charge in [-0.15, -0.1) is 0 Å². The van der Waals surface area contributed by atoms with Gasteiger partial charge in [0.15, 0.2) is 0 Å². The van der Waals surface area contributed by atoms with E-state index in [1.807, 2.05) is 0 Å². The first-order chi connectivity index (χ1) is 8.61. The Hall–Kier alpha value is -0.820. The van der Waals surface area contributed by atoms with Crippen molar-refractivity contribution in [1.82, 2.24) is 5.32 Å². The summed E-state index contributed by atoms with van der Waals surface area (Å²) < 4.78 is 0. The lowest BCUT2D eigenvalue weighted by atomic mass is 9.79. The van der Waals surface area contributed by atoms with Gasteiger partial charge >= 0.3 is 0 Å².